The predicted octanol–water partition coefficient (Wildman–Crippen LogP) is -1.17. The van der Waals surface area contributed by atoms with Gasteiger partial charge in [0.25, 0.3) is 0 Å². The molecular weight excluding hydrogens is 302 g/mol. The monoisotopic (exact) mass is 320 g/mol. The van der Waals surface area contributed by atoms with E-state index in [2.05, 4.69) is 29.6 Å². The van der Waals surface area contributed by atoms with Crippen LogP contribution in [-0.2, 0) is 13.0 Å². The number of phenols is 2. The van der Waals surface area contributed by atoms with Gasteiger partial charge < -0.3 is 33.4 Å². The minimum Gasteiger partial charge on any atom is -1.00 e. The number of fused-ring (bicyclic) bond motifs is 5. The second-order valence-electron chi connectivity index (χ2n) is 5.74. The lowest BCUT2D eigenvalue weighted by molar-refractivity contribution is -0.00000699. The number of hydrogen-bond acceptors (Lipinski definition) is 3. The van der Waals surface area contributed by atoms with Gasteiger partial charge in [0.1, 0.15) is 0 Å². The van der Waals surface area contributed by atoms with Crippen LogP contribution in [0.25, 0.3) is 0 Å². The third kappa shape index (κ3) is 2.43. The van der Waals surface area contributed by atoms with Crippen molar-refractivity contribution in [2.75, 3.05) is 0 Å². The fourth-order valence-corrected chi connectivity index (χ4v) is 3.68. The van der Waals surface area contributed by atoms with Crippen LogP contribution in [0.3, 0.4) is 0 Å². The molecule has 0 spiro atoms. The van der Waals surface area contributed by atoms with Crippen molar-refractivity contribution in [2.24, 2.45) is 0 Å². The van der Waals surface area contributed by atoms with E-state index in [0.29, 0.717) is 6.04 Å². The number of phenolic OH excluding ortho intramolecular Hbond substituents is 2. The normalized spacial score (nSPS) is 21.5. The first-order chi connectivity index (χ1) is 9.74. The zero-order valence-corrected chi connectivity index (χ0v) is 12.8. The van der Waals surface area contributed by atoms with Crippen molar-refractivity contribution in [2.45, 2.75) is 31.3 Å². The molecule has 4 rings (SSSR count). The molecule has 4 nitrogen and oxygen atoms in total. The molecule has 1 aliphatic heterocycles. The van der Waals surface area contributed by atoms with Crippen LogP contribution in [0.4, 0.5) is 0 Å². The van der Waals surface area contributed by atoms with Crippen molar-refractivity contribution >= 4 is 0 Å². The van der Waals surface area contributed by atoms with Gasteiger partial charge in [-0.05, 0) is 47.2 Å². The van der Waals surface area contributed by atoms with Crippen molar-refractivity contribution in [3.8, 4) is 11.5 Å². The van der Waals surface area contributed by atoms with Crippen LogP contribution < -0.4 is 17.7 Å². The smallest absolute Gasteiger partial charge is 0.157 e. The Bertz CT molecular complexity index is 690. The summed E-state index contributed by atoms with van der Waals surface area (Å²) in [6.45, 7) is 0.913. The molecule has 2 atom stereocenters. The topological polar surface area (TPSA) is 84.0 Å². The average Bonchev–Trinajstić information content (AvgIpc) is 2.48. The molecule has 2 aromatic carbocycles. The lowest BCUT2D eigenvalue weighted by Gasteiger charge is -2.39. The number of aryl methyl sites for hydroxylation is 1. The van der Waals surface area contributed by atoms with E-state index < -0.39 is 0 Å². The molecule has 0 bridgehead atoms. The molecule has 0 amide bonds. The van der Waals surface area contributed by atoms with E-state index in [4.69, 9.17) is 0 Å². The Balaban J connectivity index is 0.000000882. The molecule has 118 valence electrons. The zero-order chi connectivity index (χ0) is 13.7. The molecule has 0 aromatic heterocycles. The van der Waals surface area contributed by atoms with Crippen molar-refractivity contribution in [1.29, 1.82) is 0 Å². The van der Waals surface area contributed by atoms with E-state index in [9.17, 15) is 10.2 Å². The third-order valence-electron chi connectivity index (χ3n) is 4.64. The first-order valence-electron chi connectivity index (χ1n) is 7.10. The second-order valence-corrected chi connectivity index (χ2v) is 5.74. The van der Waals surface area contributed by atoms with E-state index in [0.717, 1.165) is 30.5 Å². The molecular formula is C17H19ClNO3-. The number of halogens is 1. The van der Waals surface area contributed by atoms with Gasteiger partial charge in [0.15, 0.2) is 11.5 Å². The van der Waals surface area contributed by atoms with E-state index in [1.165, 1.54) is 11.1 Å². The highest BCUT2D eigenvalue weighted by Gasteiger charge is 2.35. The molecule has 5 N–H and O–H groups in total. The minimum atomic E-state index is -0.0209. The van der Waals surface area contributed by atoms with Gasteiger partial charge in [0, 0.05) is 18.5 Å². The molecule has 2 aliphatic rings. The molecule has 1 heterocycles. The van der Waals surface area contributed by atoms with E-state index >= 15 is 0 Å². The second kappa shape index (κ2) is 6.16. The van der Waals surface area contributed by atoms with Crippen LogP contribution in [0, 0.1) is 0 Å². The van der Waals surface area contributed by atoms with Crippen LogP contribution in [-0.4, -0.2) is 21.7 Å². The highest BCUT2D eigenvalue weighted by Crippen LogP contribution is 2.43. The summed E-state index contributed by atoms with van der Waals surface area (Å²) >= 11 is 0. The Morgan fingerprint density at radius 1 is 0.955 bits per heavy atom. The Morgan fingerprint density at radius 2 is 1.68 bits per heavy atom. The number of benzene rings is 2. The number of nitrogens with one attached hydrogen (secondary N) is 1. The Kier molecular flexibility index (Phi) is 4.66. The quantitative estimate of drug-likeness (QED) is 0.535. The standard InChI is InChI=1S/C17H17NO2.ClH.H2O/c19-15-7-10-5-6-14-17(13(10)8-16(15)20)12-4-2-1-3-11(12)9-18-14;;/h1-4,7-8,14,17-20H,5-6,9H2;1H;1H2/p-1. The lowest BCUT2D eigenvalue weighted by atomic mass is 9.72. The maximum absolute atomic E-state index is 9.84. The number of hydrogen-bond donors (Lipinski definition) is 3. The summed E-state index contributed by atoms with van der Waals surface area (Å²) < 4.78 is 0. The highest BCUT2D eigenvalue weighted by atomic mass is 35.5. The Labute approximate surface area is 135 Å². The van der Waals surface area contributed by atoms with E-state index in [1.54, 1.807) is 12.1 Å². The fraction of sp³-hybridized carbons (Fsp3) is 0.294. The molecule has 0 saturated heterocycles. The molecule has 2 aromatic rings. The summed E-state index contributed by atoms with van der Waals surface area (Å²) in [5.74, 6) is 0.238. The molecule has 0 saturated carbocycles. The summed E-state index contributed by atoms with van der Waals surface area (Å²) in [6, 6.07) is 12.4. The molecule has 5 heteroatoms. The van der Waals surface area contributed by atoms with Gasteiger partial charge in [-0.1, -0.05) is 24.3 Å². The summed E-state index contributed by atoms with van der Waals surface area (Å²) in [6.07, 6.45) is 2.01. The van der Waals surface area contributed by atoms with Gasteiger partial charge in [-0.3, -0.25) is 0 Å². The fourth-order valence-electron chi connectivity index (χ4n) is 3.68. The van der Waals surface area contributed by atoms with Crippen molar-refractivity contribution in [3.05, 3.63) is 58.7 Å². The number of aromatic hydroxyl groups is 2. The number of rotatable bonds is 0. The van der Waals surface area contributed by atoms with Crippen LogP contribution in [0.2, 0.25) is 0 Å². The maximum atomic E-state index is 9.84. The highest BCUT2D eigenvalue weighted by molar-refractivity contribution is 5.53. The van der Waals surface area contributed by atoms with Crippen LogP contribution in [0.1, 0.15) is 34.6 Å². The summed E-state index contributed by atoms with van der Waals surface area (Å²) in [7, 11) is 0. The first kappa shape index (κ1) is 16.6. The van der Waals surface area contributed by atoms with E-state index in [-0.39, 0.29) is 35.3 Å². The zero-order valence-electron chi connectivity index (χ0n) is 12.0. The SMILES string of the molecule is O.Oc1cc2c(cc1O)C1c3ccccc3CNC1CC2.[Cl-]. The average molecular weight is 321 g/mol. The van der Waals surface area contributed by atoms with Gasteiger partial charge in [-0.25, -0.2) is 0 Å². The molecule has 22 heavy (non-hydrogen) atoms. The maximum Gasteiger partial charge on any atom is 0.157 e. The molecule has 2 unspecified atom stereocenters. The van der Waals surface area contributed by atoms with Crippen LogP contribution in [0.15, 0.2) is 36.4 Å². The van der Waals surface area contributed by atoms with Gasteiger partial charge in [0.2, 0.25) is 0 Å². The lowest BCUT2D eigenvalue weighted by Crippen LogP contribution is -3.00. The van der Waals surface area contributed by atoms with Gasteiger partial charge in [-0.15, -0.1) is 0 Å². The van der Waals surface area contributed by atoms with E-state index in [1.807, 2.05) is 0 Å². The predicted molar refractivity (Wildman–Crippen MR) is 80.6 cm³/mol. The van der Waals surface area contributed by atoms with Gasteiger partial charge >= 0.3 is 0 Å². The largest absolute Gasteiger partial charge is 1.00 e. The van der Waals surface area contributed by atoms with Gasteiger partial charge in [0.05, 0.1) is 0 Å². The first-order valence-corrected chi connectivity index (χ1v) is 7.10. The van der Waals surface area contributed by atoms with Crippen molar-refractivity contribution in [3.63, 3.8) is 0 Å². The summed E-state index contributed by atoms with van der Waals surface area (Å²) in [5.41, 5.74) is 4.98. The molecule has 0 radical (unpaired) electrons. The van der Waals surface area contributed by atoms with Crippen LogP contribution >= 0.6 is 0 Å². The molecule has 1 aliphatic carbocycles. The summed E-state index contributed by atoms with van der Waals surface area (Å²) in [4.78, 5) is 0. The van der Waals surface area contributed by atoms with Crippen molar-refractivity contribution in [1.82, 2.24) is 5.32 Å². The Morgan fingerprint density at radius 3 is 2.50 bits per heavy atom. The van der Waals surface area contributed by atoms with Crippen molar-refractivity contribution < 1.29 is 28.1 Å². The third-order valence-corrected chi connectivity index (χ3v) is 4.64. The van der Waals surface area contributed by atoms with Gasteiger partial charge in [-0.2, -0.15) is 0 Å². The van der Waals surface area contributed by atoms with Crippen LogP contribution in [0.5, 0.6) is 11.5 Å². The minimum absolute atomic E-state index is 0. The Hall–Kier alpha value is -1.75. The molecule has 0 fully saturated rings. The summed E-state index contributed by atoms with van der Waals surface area (Å²) in [5, 5.41) is 23.2.